The number of methoxy groups -OCH3 is 1. The molecule has 0 aromatic heterocycles. The molecule has 2 heterocycles. The predicted octanol–water partition coefficient (Wildman–Crippen LogP) is 2.06. The van der Waals surface area contributed by atoms with E-state index in [2.05, 4.69) is 11.9 Å². The van der Waals surface area contributed by atoms with Crippen LogP contribution >= 0.6 is 0 Å². The fourth-order valence-electron chi connectivity index (χ4n) is 3.43. The molecule has 1 unspecified atom stereocenters. The van der Waals surface area contributed by atoms with Crippen LogP contribution in [0.25, 0.3) is 0 Å². The Kier molecular flexibility index (Phi) is 5.26. The van der Waals surface area contributed by atoms with Crippen LogP contribution in [-0.2, 0) is 9.59 Å². The molecule has 0 bridgehead atoms. The van der Waals surface area contributed by atoms with E-state index < -0.39 is 0 Å². The lowest BCUT2D eigenvalue weighted by Gasteiger charge is -2.33. The van der Waals surface area contributed by atoms with Crippen molar-refractivity contribution in [3.8, 4) is 11.5 Å². The van der Waals surface area contributed by atoms with Crippen LogP contribution in [0.15, 0.2) is 30.9 Å². The second-order valence-electron chi connectivity index (χ2n) is 6.41. The summed E-state index contributed by atoms with van der Waals surface area (Å²) < 4.78 is 10.9. The molecule has 1 atom stereocenters. The van der Waals surface area contributed by atoms with Crippen molar-refractivity contribution in [1.82, 2.24) is 10.2 Å². The molecule has 1 aromatic rings. The zero-order valence-electron chi connectivity index (χ0n) is 14.5. The molecule has 3 rings (SSSR count). The number of fused-ring (bicyclic) bond motifs is 1. The highest BCUT2D eigenvalue weighted by molar-refractivity contribution is 5.87. The van der Waals surface area contributed by atoms with Crippen LogP contribution in [-0.4, -0.2) is 43.5 Å². The minimum Gasteiger partial charge on any atom is -0.497 e. The summed E-state index contributed by atoms with van der Waals surface area (Å²) in [6.07, 6.45) is 3.45. The molecule has 6 nitrogen and oxygen atoms in total. The number of carbonyl (C=O) groups is 2. The second-order valence-corrected chi connectivity index (χ2v) is 6.41. The molecule has 1 N–H and O–H groups in total. The van der Waals surface area contributed by atoms with Gasteiger partial charge < -0.3 is 19.7 Å². The molecule has 2 aliphatic rings. The van der Waals surface area contributed by atoms with Crippen LogP contribution in [0, 0.1) is 5.92 Å². The van der Waals surface area contributed by atoms with Gasteiger partial charge in [-0.25, -0.2) is 0 Å². The molecule has 0 aliphatic carbocycles. The Hall–Kier alpha value is -2.50. The maximum absolute atomic E-state index is 12.6. The number of amides is 2. The van der Waals surface area contributed by atoms with Crippen molar-refractivity contribution in [2.24, 2.45) is 5.92 Å². The quantitative estimate of drug-likeness (QED) is 0.849. The highest BCUT2D eigenvalue weighted by atomic mass is 16.5. The van der Waals surface area contributed by atoms with E-state index in [4.69, 9.17) is 9.47 Å². The van der Waals surface area contributed by atoms with E-state index in [1.807, 2.05) is 18.2 Å². The van der Waals surface area contributed by atoms with Gasteiger partial charge in [-0.3, -0.25) is 9.59 Å². The van der Waals surface area contributed by atoms with Gasteiger partial charge in [0.15, 0.2) is 0 Å². The molecular formula is C19H24N2O4. The molecule has 2 aliphatic heterocycles. The number of ether oxygens (including phenoxy) is 2. The Balaban J connectivity index is 1.61. The minimum absolute atomic E-state index is 0.0463. The third-order valence-electron chi connectivity index (χ3n) is 4.93. The van der Waals surface area contributed by atoms with E-state index in [1.54, 1.807) is 12.0 Å². The van der Waals surface area contributed by atoms with Crippen molar-refractivity contribution in [2.75, 3.05) is 26.8 Å². The van der Waals surface area contributed by atoms with Crippen molar-refractivity contribution >= 4 is 11.8 Å². The van der Waals surface area contributed by atoms with Crippen molar-refractivity contribution in [3.05, 3.63) is 36.4 Å². The van der Waals surface area contributed by atoms with Gasteiger partial charge in [-0.1, -0.05) is 6.58 Å². The van der Waals surface area contributed by atoms with E-state index in [-0.39, 0.29) is 23.8 Å². The third kappa shape index (κ3) is 3.78. The zero-order valence-corrected chi connectivity index (χ0v) is 14.5. The van der Waals surface area contributed by atoms with E-state index in [9.17, 15) is 9.59 Å². The number of hydrogen-bond donors (Lipinski definition) is 1. The first-order valence-electron chi connectivity index (χ1n) is 8.65. The van der Waals surface area contributed by atoms with Gasteiger partial charge in [0.05, 0.1) is 19.8 Å². The molecule has 0 radical (unpaired) electrons. The average Bonchev–Trinajstić information content (AvgIpc) is 2.67. The molecular weight excluding hydrogens is 320 g/mol. The molecule has 0 spiro atoms. The van der Waals surface area contributed by atoms with Gasteiger partial charge in [-0.2, -0.15) is 0 Å². The third-order valence-corrected chi connectivity index (χ3v) is 4.93. The summed E-state index contributed by atoms with van der Waals surface area (Å²) in [4.78, 5) is 26.0. The Labute approximate surface area is 147 Å². The van der Waals surface area contributed by atoms with E-state index in [1.165, 1.54) is 6.08 Å². The summed E-state index contributed by atoms with van der Waals surface area (Å²) in [5, 5.41) is 3.16. The lowest BCUT2D eigenvalue weighted by atomic mass is 9.94. The first kappa shape index (κ1) is 17.3. The van der Waals surface area contributed by atoms with E-state index in [0.717, 1.165) is 23.5 Å². The average molecular weight is 344 g/mol. The number of nitrogens with one attached hydrogen (secondary N) is 1. The highest BCUT2D eigenvalue weighted by Crippen LogP contribution is 2.35. The van der Waals surface area contributed by atoms with Crippen LogP contribution in [0.1, 0.15) is 30.9 Å². The molecule has 6 heteroatoms. The first-order chi connectivity index (χ1) is 12.1. The maximum Gasteiger partial charge on any atom is 0.245 e. The van der Waals surface area contributed by atoms with Gasteiger partial charge in [-0.05, 0) is 31.1 Å². The van der Waals surface area contributed by atoms with Crippen molar-refractivity contribution in [2.45, 2.75) is 25.3 Å². The molecule has 134 valence electrons. The van der Waals surface area contributed by atoms with Gasteiger partial charge >= 0.3 is 0 Å². The Morgan fingerprint density at radius 3 is 2.76 bits per heavy atom. The number of rotatable bonds is 4. The number of nitrogens with zero attached hydrogens (tertiary/aromatic N) is 1. The fraction of sp³-hybridized carbons (Fsp3) is 0.474. The Morgan fingerprint density at radius 1 is 1.32 bits per heavy atom. The fourth-order valence-corrected chi connectivity index (χ4v) is 3.43. The van der Waals surface area contributed by atoms with Crippen LogP contribution in [0.5, 0.6) is 11.5 Å². The standard InChI is InChI=1S/C19H24N2O4/c1-3-18(22)21-9-6-13(7-10-21)19(23)20-16-8-11-25-17-12-14(24-2)4-5-15(16)17/h3-5,12-13,16H,1,6-11H2,2H3,(H,20,23). The Morgan fingerprint density at radius 2 is 2.08 bits per heavy atom. The largest absolute Gasteiger partial charge is 0.497 e. The second kappa shape index (κ2) is 7.59. The van der Waals surface area contributed by atoms with Crippen LogP contribution in [0.2, 0.25) is 0 Å². The predicted molar refractivity (Wildman–Crippen MR) is 93.5 cm³/mol. The number of piperidine rings is 1. The summed E-state index contributed by atoms with van der Waals surface area (Å²) in [6.45, 7) is 5.28. The lowest BCUT2D eigenvalue weighted by molar-refractivity contribution is -0.132. The van der Waals surface area contributed by atoms with Crippen molar-refractivity contribution in [1.29, 1.82) is 0 Å². The summed E-state index contributed by atoms with van der Waals surface area (Å²) in [5.41, 5.74) is 0.986. The van der Waals surface area contributed by atoms with E-state index in [0.29, 0.717) is 32.5 Å². The van der Waals surface area contributed by atoms with Gasteiger partial charge in [0.2, 0.25) is 11.8 Å². The minimum atomic E-state index is -0.0637. The summed E-state index contributed by atoms with van der Waals surface area (Å²) >= 11 is 0. The molecule has 2 amide bonds. The topological polar surface area (TPSA) is 67.9 Å². The smallest absolute Gasteiger partial charge is 0.245 e. The Bertz CT molecular complexity index is 665. The normalized spacial score (nSPS) is 20.2. The molecule has 0 saturated carbocycles. The summed E-state index contributed by atoms with van der Waals surface area (Å²) in [7, 11) is 1.62. The van der Waals surface area contributed by atoms with Crippen LogP contribution in [0.4, 0.5) is 0 Å². The van der Waals surface area contributed by atoms with Gasteiger partial charge in [0, 0.05) is 37.1 Å². The van der Waals surface area contributed by atoms with Crippen LogP contribution in [0.3, 0.4) is 0 Å². The highest BCUT2D eigenvalue weighted by Gasteiger charge is 2.30. The van der Waals surface area contributed by atoms with Gasteiger partial charge in [0.25, 0.3) is 0 Å². The molecule has 25 heavy (non-hydrogen) atoms. The van der Waals surface area contributed by atoms with Gasteiger partial charge in [-0.15, -0.1) is 0 Å². The molecule has 1 fully saturated rings. The summed E-state index contributed by atoms with van der Waals surface area (Å²) in [6, 6.07) is 5.64. The molecule has 1 saturated heterocycles. The number of carbonyl (C=O) groups excluding carboxylic acids is 2. The van der Waals surface area contributed by atoms with Gasteiger partial charge in [0.1, 0.15) is 11.5 Å². The SMILES string of the molecule is C=CC(=O)N1CCC(C(=O)NC2CCOc3cc(OC)ccc32)CC1. The van der Waals surface area contributed by atoms with Crippen LogP contribution < -0.4 is 14.8 Å². The zero-order chi connectivity index (χ0) is 17.8. The monoisotopic (exact) mass is 344 g/mol. The first-order valence-corrected chi connectivity index (χ1v) is 8.65. The lowest BCUT2D eigenvalue weighted by Crippen LogP contribution is -2.43. The van der Waals surface area contributed by atoms with Crippen molar-refractivity contribution < 1.29 is 19.1 Å². The maximum atomic E-state index is 12.6. The molecule has 1 aromatic carbocycles. The number of likely N-dealkylation sites (tertiary alicyclic amines) is 1. The van der Waals surface area contributed by atoms with E-state index >= 15 is 0 Å². The number of hydrogen-bond acceptors (Lipinski definition) is 4. The summed E-state index contributed by atoms with van der Waals surface area (Å²) in [5.74, 6) is 1.44. The van der Waals surface area contributed by atoms with Crippen molar-refractivity contribution in [3.63, 3.8) is 0 Å². The number of benzene rings is 1.